The summed E-state index contributed by atoms with van der Waals surface area (Å²) in [4.78, 5) is 9.47. The van der Waals surface area contributed by atoms with Crippen LogP contribution in [0.5, 0.6) is 0 Å². The molecule has 0 saturated carbocycles. The molecule has 0 bridgehead atoms. The standard InChI is InChI=1S/C14H20N4/c1-15-14(18(2)3)16-9-8-11-10-17-13-7-5-4-6-12(11)13/h4-7,10,17H,8-9H2,1-3H3,(H,15,16). The highest BCUT2D eigenvalue weighted by Crippen LogP contribution is 2.17. The van der Waals surface area contributed by atoms with Crippen molar-refractivity contribution in [2.24, 2.45) is 4.99 Å². The third-order valence-corrected chi connectivity index (χ3v) is 2.99. The van der Waals surface area contributed by atoms with E-state index in [0.717, 1.165) is 18.9 Å². The van der Waals surface area contributed by atoms with Gasteiger partial charge in [0, 0.05) is 44.8 Å². The van der Waals surface area contributed by atoms with Crippen molar-refractivity contribution in [3.8, 4) is 0 Å². The van der Waals surface area contributed by atoms with E-state index in [-0.39, 0.29) is 0 Å². The molecular weight excluding hydrogens is 224 g/mol. The Balaban J connectivity index is 1.99. The minimum atomic E-state index is 0.882. The summed E-state index contributed by atoms with van der Waals surface area (Å²) in [6.45, 7) is 0.882. The molecule has 4 nitrogen and oxygen atoms in total. The molecule has 96 valence electrons. The largest absolute Gasteiger partial charge is 0.361 e. The van der Waals surface area contributed by atoms with Crippen LogP contribution in [-0.2, 0) is 6.42 Å². The summed E-state index contributed by atoms with van der Waals surface area (Å²) in [5.41, 5.74) is 2.54. The maximum absolute atomic E-state index is 4.19. The Bertz CT molecular complexity index is 539. The summed E-state index contributed by atoms with van der Waals surface area (Å²) in [7, 11) is 5.77. The van der Waals surface area contributed by atoms with Crippen LogP contribution >= 0.6 is 0 Å². The lowest BCUT2D eigenvalue weighted by atomic mass is 10.1. The van der Waals surface area contributed by atoms with Crippen LogP contribution in [0.15, 0.2) is 35.5 Å². The van der Waals surface area contributed by atoms with Gasteiger partial charge in [-0.25, -0.2) is 0 Å². The van der Waals surface area contributed by atoms with Crippen LogP contribution in [0.3, 0.4) is 0 Å². The van der Waals surface area contributed by atoms with Crippen molar-refractivity contribution in [1.82, 2.24) is 15.2 Å². The van der Waals surface area contributed by atoms with E-state index in [1.54, 1.807) is 7.05 Å². The summed E-state index contributed by atoms with van der Waals surface area (Å²) in [6, 6.07) is 8.38. The number of para-hydroxylation sites is 1. The van der Waals surface area contributed by atoms with Gasteiger partial charge < -0.3 is 15.2 Å². The number of nitrogens with one attached hydrogen (secondary N) is 2. The van der Waals surface area contributed by atoms with Crippen LogP contribution in [0.4, 0.5) is 0 Å². The van der Waals surface area contributed by atoms with Crippen LogP contribution in [0, 0.1) is 0 Å². The van der Waals surface area contributed by atoms with Gasteiger partial charge in [0.05, 0.1) is 0 Å². The first-order valence-electron chi connectivity index (χ1n) is 6.15. The van der Waals surface area contributed by atoms with Crippen molar-refractivity contribution in [2.75, 3.05) is 27.7 Å². The van der Waals surface area contributed by atoms with Crippen molar-refractivity contribution < 1.29 is 0 Å². The molecule has 0 aliphatic rings. The smallest absolute Gasteiger partial charge is 0.193 e. The molecule has 2 N–H and O–H groups in total. The topological polar surface area (TPSA) is 43.4 Å². The number of aromatic nitrogens is 1. The molecule has 0 aliphatic carbocycles. The summed E-state index contributed by atoms with van der Waals surface area (Å²) in [6.07, 6.45) is 3.07. The van der Waals surface area contributed by atoms with Crippen molar-refractivity contribution >= 4 is 16.9 Å². The van der Waals surface area contributed by atoms with Crippen molar-refractivity contribution in [1.29, 1.82) is 0 Å². The average Bonchev–Trinajstić information content (AvgIpc) is 2.78. The lowest BCUT2D eigenvalue weighted by Gasteiger charge is -2.16. The van der Waals surface area contributed by atoms with Gasteiger partial charge >= 0.3 is 0 Å². The van der Waals surface area contributed by atoms with E-state index in [1.807, 2.05) is 19.0 Å². The molecule has 2 rings (SSSR count). The molecule has 0 unspecified atom stereocenters. The summed E-state index contributed by atoms with van der Waals surface area (Å²) in [5, 5.41) is 4.64. The van der Waals surface area contributed by atoms with E-state index >= 15 is 0 Å². The minimum absolute atomic E-state index is 0.882. The molecule has 0 radical (unpaired) electrons. The van der Waals surface area contributed by atoms with Gasteiger partial charge in [0.25, 0.3) is 0 Å². The maximum Gasteiger partial charge on any atom is 0.193 e. The lowest BCUT2D eigenvalue weighted by Crippen LogP contribution is -2.37. The fourth-order valence-electron chi connectivity index (χ4n) is 2.08. The highest BCUT2D eigenvalue weighted by atomic mass is 15.3. The second kappa shape index (κ2) is 5.58. The molecule has 0 amide bonds. The number of hydrogen-bond acceptors (Lipinski definition) is 1. The number of benzene rings is 1. The Morgan fingerprint density at radius 1 is 1.33 bits per heavy atom. The fraction of sp³-hybridized carbons (Fsp3) is 0.357. The van der Waals surface area contributed by atoms with E-state index < -0.39 is 0 Å². The second-order valence-corrected chi connectivity index (χ2v) is 4.48. The average molecular weight is 244 g/mol. The highest BCUT2D eigenvalue weighted by molar-refractivity contribution is 5.83. The van der Waals surface area contributed by atoms with E-state index in [0.29, 0.717) is 0 Å². The van der Waals surface area contributed by atoms with E-state index in [2.05, 4.69) is 45.8 Å². The quantitative estimate of drug-likeness (QED) is 0.639. The van der Waals surface area contributed by atoms with Gasteiger partial charge in [-0.3, -0.25) is 4.99 Å². The molecule has 2 aromatic rings. The van der Waals surface area contributed by atoms with E-state index in [1.165, 1.54) is 16.5 Å². The zero-order valence-electron chi connectivity index (χ0n) is 11.2. The first-order chi connectivity index (χ1) is 8.72. The van der Waals surface area contributed by atoms with Crippen molar-refractivity contribution in [3.05, 3.63) is 36.0 Å². The molecular formula is C14H20N4. The van der Waals surface area contributed by atoms with E-state index in [9.17, 15) is 0 Å². The van der Waals surface area contributed by atoms with Crippen LogP contribution in [0.25, 0.3) is 10.9 Å². The fourth-order valence-corrected chi connectivity index (χ4v) is 2.08. The monoisotopic (exact) mass is 244 g/mol. The van der Waals surface area contributed by atoms with Crippen molar-refractivity contribution in [3.63, 3.8) is 0 Å². The molecule has 0 atom stereocenters. The first kappa shape index (κ1) is 12.5. The van der Waals surface area contributed by atoms with Gasteiger partial charge in [-0.15, -0.1) is 0 Å². The van der Waals surface area contributed by atoms with Gasteiger partial charge in [-0.1, -0.05) is 18.2 Å². The molecule has 18 heavy (non-hydrogen) atoms. The van der Waals surface area contributed by atoms with Gasteiger partial charge in [0.15, 0.2) is 5.96 Å². The summed E-state index contributed by atoms with van der Waals surface area (Å²) < 4.78 is 0. The Kier molecular flexibility index (Phi) is 3.87. The Morgan fingerprint density at radius 3 is 2.83 bits per heavy atom. The molecule has 0 spiro atoms. The number of fused-ring (bicyclic) bond motifs is 1. The molecule has 4 heteroatoms. The third-order valence-electron chi connectivity index (χ3n) is 2.99. The predicted molar refractivity (Wildman–Crippen MR) is 77.1 cm³/mol. The van der Waals surface area contributed by atoms with Crippen LogP contribution in [0.1, 0.15) is 5.56 Å². The number of nitrogens with zero attached hydrogens (tertiary/aromatic N) is 2. The number of guanidine groups is 1. The molecule has 0 fully saturated rings. The van der Waals surface area contributed by atoms with Gasteiger partial charge in [-0.2, -0.15) is 0 Å². The Hall–Kier alpha value is -1.97. The number of hydrogen-bond donors (Lipinski definition) is 2. The van der Waals surface area contributed by atoms with Gasteiger partial charge in [0.2, 0.25) is 0 Å². The minimum Gasteiger partial charge on any atom is -0.361 e. The zero-order chi connectivity index (χ0) is 13.0. The Labute approximate surface area is 108 Å². The number of H-pyrrole nitrogens is 1. The maximum atomic E-state index is 4.19. The van der Waals surface area contributed by atoms with Crippen LogP contribution < -0.4 is 5.32 Å². The third kappa shape index (κ3) is 2.64. The molecule has 1 aromatic carbocycles. The summed E-state index contributed by atoms with van der Waals surface area (Å²) >= 11 is 0. The summed E-state index contributed by atoms with van der Waals surface area (Å²) in [5.74, 6) is 0.912. The van der Waals surface area contributed by atoms with Crippen LogP contribution in [-0.4, -0.2) is 43.5 Å². The lowest BCUT2D eigenvalue weighted by molar-refractivity contribution is 0.583. The number of rotatable bonds is 3. The van der Waals surface area contributed by atoms with Gasteiger partial charge in [-0.05, 0) is 18.1 Å². The van der Waals surface area contributed by atoms with Gasteiger partial charge in [0.1, 0.15) is 0 Å². The zero-order valence-corrected chi connectivity index (χ0v) is 11.2. The van der Waals surface area contributed by atoms with Crippen LogP contribution in [0.2, 0.25) is 0 Å². The number of aliphatic imine (C=N–C) groups is 1. The molecule has 0 saturated heterocycles. The molecule has 1 aromatic heterocycles. The highest BCUT2D eigenvalue weighted by Gasteiger charge is 2.03. The normalized spacial score (nSPS) is 11.8. The second-order valence-electron chi connectivity index (χ2n) is 4.48. The first-order valence-corrected chi connectivity index (χ1v) is 6.15. The molecule has 1 heterocycles. The predicted octanol–water partition coefficient (Wildman–Crippen LogP) is 1.85. The SMILES string of the molecule is CN=C(NCCc1c[nH]c2ccccc12)N(C)C. The molecule has 0 aliphatic heterocycles. The number of aromatic amines is 1. The van der Waals surface area contributed by atoms with E-state index in [4.69, 9.17) is 0 Å². The Morgan fingerprint density at radius 2 is 2.11 bits per heavy atom. The van der Waals surface area contributed by atoms with Crippen molar-refractivity contribution in [2.45, 2.75) is 6.42 Å².